The number of carbonyl (C=O) groups is 4. The largest absolute Gasteiger partial charge is 0.493 e. The third-order valence-corrected chi connectivity index (χ3v) is 5.05. The fourth-order valence-corrected chi connectivity index (χ4v) is 3.58. The number of hydrogen-bond donors (Lipinski definition) is 2. The normalized spacial score (nSPS) is 14.6. The van der Waals surface area contributed by atoms with Crippen molar-refractivity contribution in [2.75, 3.05) is 25.6 Å². The number of imide groups is 1. The molecule has 1 aliphatic rings. The van der Waals surface area contributed by atoms with Crippen molar-refractivity contribution in [3.63, 3.8) is 0 Å². The molecular formula is C21H18FN3O6S. The number of rotatable bonds is 8. The monoisotopic (exact) mass is 459 g/mol. The molecule has 0 aliphatic carbocycles. The summed E-state index contributed by atoms with van der Waals surface area (Å²) in [5.74, 6) is -1.87. The highest BCUT2D eigenvalue weighted by Gasteiger charge is 2.36. The molecule has 3 rings (SSSR count). The summed E-state index contributed by atoms with van der Waals surface area (Å²) in [6.07, 6.45) is 1.47. The second-order valence-electron chi connectivity index (χ2n) is 6.49. The van der Waals surface area contributed by atoms with Crippen LogP contribution in [0.25, 0.3) is 6.08 Å². The van der Waals surface area contributed by atoms with E-state index in [1.807, 2.05) is 0 Å². The van der Waals surface area contributed by atoms with E-state index in [4.69, 9.17) is 15.2 Å². The zero-order chi connectivity index (χ0) is 23.3. The van der Waals surface area contributed by atoms with Gasteiger partial charge in [-0.15, -0.1) is 0 Å². The zero-order valence-electron chi connectivity index (χ0n) is 16.8. The maximum Gasteiger partial charge on any atom is 0.294 e. The lowest BCUT2D eigenvalue weighted by Crippen LogP contribution is -2.36. The minimum atomic E-state index is -0.647. The molecule has 3 N–H and O–H groups in total. The topological polar surface area (TPSA) is 128 Å². The summed E-state index contributed by atoms with van der Waals surface area (Å²) in [7, 11) is 1.40. The molecule has 1 fully saturated rings. The molecule has 0 spiro atoms. The van der Waals surface area contributed by atoms with Gasteiger partial charge < -0.3 is 20.5 Å². The first-order chi connectivity index (χ1) is 15.3. The number of ether oxygens (including phenoxy) is 2. The highest BCUT2D eigenvalue weighted by molar-refractivity contribution is 8.18. The van der Waals surface area contributed by atoms with Crippen molar-refractivity contribution in [1.29, 1.82) is 0 Å². The molecule has 0 atom stereocenters. The highest BCUT2D eigenvalue weighted by atomic mass is 32.2. The molecule has 1 saturated heterocycles. The first kappa shape index (κ1) is 22.8. The average molecular weight is 459 g/mol. The minimum absolute atomic E-state index is 0.112. The first-order valence-electron chi connectivity index (χ1n) is 9.16. The number of nitrogens with two attached hydrogens (primary N) is 1. The van der Waals surface area contributed by atoms with Gasteiger partial charge in [-0.25, -0.2) is 4.39 Å². The average Bonchev–Trinajstić information content (AvgIpc) is 2.99. The van der Waals surface area contributed by atoms with Gasteiger partial charge in [0.05, 0.1) is 12.0 Å². The molecule has 11 heteroatoms. The van der Waals surface area contributed by atoms with Gasteiger partial charge in [-0.2, -0.15) is 0 Å². The lowest BCUT2D eigenvalue weighted by Gasteiger charge is -2.12. The molecule has 0 radical (unpaired) electrons. The summed E-state index contributed by atoms with van der Waals surface area (Å²) in [6.45, 7) is -0.839. The molecule has 0 aromatic heterocycles. The van der Waals surface area contributed by atoms with E-state index in [0.29, 0.717) is 23.1 Å². The summed E-state index contributed by atoms with van der Waals surface area (Å²) in [5.41, 5.74) is 5.80. The van der Waals surface area contributed by atoms with Crippen LogP contribution < -0.4 is 20.5 Å². The number of hydrogen-bond acceptors (Lipinski definition) is 7. The van der Waals surface area contributed by atoms with Crippen LogP contribution in [0.3, 0.4) is 0 Å². The Labute approximate surface area is 186 Å². The first-order valence-corrected chi connectivity index (χ1v) is 9.98. The molecular weight excluding hydrogens is 441 g/mol. The van der Waals surface area contributed by atoms with Crippen LogP contribution in [-0.2, 0) is 14.4 Å². The van der Waals surface area contributed by atoms with E-state index in [0.717, 1.165) is 11.0 Å². The molecule has 1 heterocycles. The van der Waals surface area contributed by atoms with Crippen molar-refractivity contribution in [2.24, 2.45) is 5.73 Å². The van der Waals surface area contributed by atoms with Crippen LogP contribution in [0.15, 0.2) is 47.4 Å². The molecule has 0 unspecified atom stereocenters. The number of carbonyl (C=O) groups excluding carboxylic acids is 4. The fraction of sp³-hybridized carbons (Fsp3) is 0.143. The third kappa shape index (κ3) is 5.64. The Balaban J connectivity index is 1.70. The van der Waals surface area contributed by atoms with E-state index in [1.54, 1.807) is 12.1 Å². The van der Waals surface area contributed by atoms with Crippen molar-refractivity contribution >= 4 is 46.5 Å². The Morgan fingerprint density at radius 2 is 1.97 bits per heavy atom. The Morgan fingerprint density at radius 1 is 1.19 bits per heavy atom. The van der Waals surface area contributed by atoms with E-state index in [2.05, 4.69) is 5.32 Å². The van der Waals surface area contributed by atoms with Crippen molar-refractivity contribution in [3.8, 4) is 11.5 Å². The quantitative estimate of drug-likeness (QED) is 0.580. The smallest absolute Gasteiger partial charge is 0.294 e. The molecule has 2 aromatic carbocycles. The van der Waals surface area contributed by atoms with E-state index >= 15 is 0 Å². The van der Waals surface area contributed by atoms with E-state index < -0.39 is 35.3 Å². The van der Waals surface area contributed by atoms with Gasteiger partial charge >= 0.3 is 0 Å². The van der Waals surface area contributed by atoms with E-state index in [1.165, 1.54) is 37.5 Å². The third-order valence-electron chi connectivity index (χ3n) is 4.14. The molecule has 2 aromatic rings. The predicted octanol–water partition coefficient (Wildman–Crippen LogP) is 2.37. The van der Waals surface area contributed by atoms with Crippen LogP contribution >= 0.6 is 11.8 Å². The van der Waals surface area contributed by atoms with Gasteiger partial charge in [0.25, 0.3) is 17.1 Å². The molecule has 0 bridgehead atoms. The zero-order valence-corrected chi connectivity index (χ0v) is 17.6. The van der Waals surface area contributed by atoms with Crippen molar-refractivity contribution < 1.29 is 33.0 Å². The van der Waals surface area contributed by atoms with Gasteiger partial charge in [0.1, 0.15) is 12.4 Å². The summed E-state index contributed by atoms with van der Waals surface area (Å²) in [5, 5.41) is 1.83. The maximum absolute atomic E-state index is 13.2. The van der Waals surface area contributed by atoms with Crippen molar-refractivity contribution in [2.45, 2.75) is 0 Å². The van der Waals surface area contributed by atoms with Gasteiger partial charge in [0.2, 0.25) is 5.91 Å². The second kappa shape index (κ2) is 9.96. The minimum Gasteiger partial charge on any atom is -0.493 e. The van der Waals surface area contributed by atoms with Gasteiger partial charge in [-0.05, 0) is 53.7 Å². The lowest BCUT2D eigenvalue weighted by atomic mass is 10.2. The standard InChI is InChI=1S/C21H18FN3O6S/c1-30-16-7-12(5-6-15(16)31-11-18(23)26)8-17-20(28)25(21(29)32-17)10-19(27)24-14-4-2-3-13(22)9-14/h2-9H,10-11H2,1H3,(H2,23,26)(H,24,27)/b17-8+. The fourth-order valence-electron chi connectivity index (χ4n) is 2.74. The van der Waals surface area contributed by atoms with E-state index in [-0.39, 0.29) is 22.9 Å². The molecule has 1 aliphatic heterocycles. The van der Waals surface area contributed by atoms with Crippen molar-refractivity contribution in [1.82, 2.24) is 4.90 Å². The van der Waals surface area contributed by atoms with Crippen molar-refractivity contribution in [3.05, 3.63) is 58.8 Å². The SMILES string of the molecule is COc1cc(/C=C2/SC(=O)N(CC(=O)Nc3cccc(F)c3)C2=O)ccc1OCC(N)=O. The van der Waals surface area contributed by atoms with Crippen LogP contribution in [0.4, 0.5) is 14.9 Å². The number of anilines is 1. The predicted molar refractivity (Wildman–Crippen MR) is 115 cm³/mol. The highest BCUT2D eigenvalue weighted by Crippen LogP contribution is 2.34. The summed E-state index contributed by atoms with van der Waals surface area (Å²) < 4.78 is 23.7. The molecule has 4 amide bonds. The Morgan fingerprint density at radius 3 is 2.66 bits per heavy atom. The Hall–Kier alpha value is -3.86. The van der Waals surface area contributed by atoms with Gasteiger partial charge in [0, 0.05) is 5.69 Å². The Bertz CT molecular complexity index is 1120. The summed E-state index contributed by atoms with van der Waals surface area (Å²) >= 11 is 0.684. The molecule has 32 heavy (non-hydrogen) atoms. The van der Waals surface area contributed by atoms with Gasteiger partial charge in [0.15, 0.2) is 18.1 Å². The van der Waals surface area contributed by atoms with Crippen LogP contribution in [-0.4, -0.2) is 48.1 Å². The Kier molecular flexibility index (Phi) is 7.11. The maximum atomic E-state index is 13.2. The summed E-state index contributed by atoms with van der Waals surface area (Å²) in [4.78, 5) is 48.9. The van der Waals surface area contributed by atoms with Crippen LogP contribution in [0, 0.1) is 5.82 Å². The molecule has 9 nitrogen and oxygen atoms in total. The van der Waals surface area contributed by atoms with E-state index in [9.17, 15) is 23.6 Å². The number of benzene rings is 2. The number of halogens is 1. The van der Waals surface area contributed by atoms with Crippen LogP contribution in [0.1, 0.15) is 5.56 Å². The number of primary amides is 1. The van der Waals surface area contributed by atoms with Crippen LogP contribution in [0.2, 0.25) is 0 Å². The number of nitrogens with one attached hydrogen (secondary N) is 1. The number of thioether (sulfide) groups is 1. The molecule has 166 valence electrons. The van der Waals surface area contributed by atoms with Gasteiger partial charge in [-0.1, -0.05) is 12.1 Å². The van der Waals surface area contributed by atoms with Gasteiger partial charge in [-0.3, -0.25) is 24.1 Å². The molecule has 0 saturated carbocycles. The second-order valence-corrected chi connectivity index (χ2v) is 7.48. The summed E-state index contributed by atoms with van der Waals surface area (Å²) in [6, 6.07) is 9.94. The number of amides is 4. The lowest BCUT2D eigenvalue weighted by molar-refractivity contribution is -0.127. The van der Waals surface area contributed by atoms with Crippen LogP contribution in [0.5, 0.6) is 11.5 Å². The number of methoxy groups -OCH3 is 1. The number of nitrogens with zero attached hydrogens (tertiary/aromatic N) is 1.